The van der Waals surface area contributed by atoms with Gasteiger partial charge in [0.15, 0.2) is 0 Å². The van der Waals surface area contributed by atoms with E-state index >= 15 is 0 Å². The lowest BCUT2D eigenvalue weighted by atomic mass is 10.1. The van der Waals surface area contributed by atoms with Crippen molar-refractivity contribution in [1.82, 2.24) is 10.3 Å². The number of hydrogen-bond donors (Lipinski definition) is 3. The predicted octanol–water partition coefficient (Wildman–Crippen LogP) is 4.68. The molecule has 1 unspecified atom stereocenters. The topological polar surface area (TPSA) is 57.3 Å². The van der Waals surface area contributed by atoms with Gasteiger partial charge in [0.1, 0.15) is 12.4 Å². The summed E-state index contributed by atoms with van der Waals surface area (Å²) in [5.41, 5.74) is 2.96. The van der Waals surface area contributed by atoms with Gasteiger partial charge in [-0.25, -0.2) is 0 Å². The number of aromatic amines is 1. The van der Waals surface area contributed by atoms with E-state index in [-0.39, 0.29) is 0 Å². The number of aromatic nitrogens is 1. The molecule has 0 saturated carbocycles. The third-order valence-corrected chi connectivity index (χ3v) is 4.84. The largest absolute Gasteiger partial charge is 0.492 e. The number of aliphatic hydroxyl groups is 1. The first-order chi connectivity index (χ1) is 13.2. The minimum Gasteiger partial charge on any atom is -0.492 e. The molecule has 0 aliphatic heterocycles. The number of halogens is 1. The van der Waals surface area contributed by atoms with E-state index in [1.54, 1.807) is 0 Å². The number of benzene rings is 3. The molecule has 4 aromatic rings. The highest BCUT2D eigenvalue weighted by molar-refractivity contribution is 6.31. The molecule has 0 spiro atoms. The van der Waals surface area contributed by atoms with Gasteiger partial charge >= 0.3 is 0 Å². The molecule has 1 atom stereocenters. The summed E-state index contributed by atoms with van der Waals surface area (Å²) in [5, 5.41) is 16.4. The number of aliphatic hydroxyl groups excluding tert-OH is 1. The van der Waals surface area contributed by atoms with Gasteiger partial charge in [0.05, 0.1) is 11.6 Å². The minimum absolute atomic E-state index is 0.495. The first-order valence-electron chi connectivity index (χ1n) is 8.98. The van der Waals surface area contributed by atoms with Crippen molar-refractivity contribution < 1.29 is 9.84 Å². The normalized spacial score (nSPS) is 12.5. The Morgan fingerprint density at radius 3 is 2.52 bits per heavy atom. The molecule has 4 nitrogen and oxygen atoms in total. The Morgan fingerprint density at radius 2 is 1.70 bits per heavy atom. The average Bonchev–Trinajstić information content (AvgIpc) is 3.04. The number of H-pyrrole nitrogens is 1. The number of hydrogen-bond acceptors (Lipinski definition) is 3. The van der Waals surface area contributed by atoms with Crippen LogP contribution in [0.25, 0.3) is 21.8 Å². The average molecular weight is 381 g/mol. The van der Waals surface area contributed by atoms with E-state index in [2.05, 4.69) is 16.4 Å². The lowest BCUT2D eigenvalue weighted by molar-refractivity contribution is 0.172. The molecule has 0 bridgehead atoms. The van der Waals surface area contributed by atoms with E-state index in [4.69, 9.17) is 16.3 Å². The van der Waals surface area contributed by atoms with Crippen molar-refractivity contribution in [2.45, 2.75) is 6.10 Å². The summed E-state index contributed by atoms with van der Waals surface area (Å²) in [7, 11) is 0. The zero-order chi connectivity index (χ0) is 18.6. The van der Waals surface area contributed by atoms with E-state index in [9.17, 15) is 5.11 Å². The Morgan fingerprint density at radius 1 is 0.963 bits per heavy atom. The number of ether oxygens (including phenoxy) is 1. The van der Waals surface area contributed by atoms with Crippen LogP contribution in [0.5, 0.6) is 5.75 Å². The van der Waals surface area contributed by atoms with E-state index in [1.165, 1.54) is 0 Å². The number of nitrogens with one attached hydrogen (secondary N) is 2. The van der Waals surface area contributed by atoms with Crippen molar-refractivity contribution in [3.05, 3.63) is 77.3 Å². The van der Waals surface area contributed by atoms with Gasteiger partial charge < -0.3 is 20.1 Å². The van der Waals surface area contributed by atoms with Gasteiger partial charge in [-0.15, -0.1) is 0 Å². The summed E-state index contributed by atoms with van der Waals surface area (Å²) in [4.78, 5) is 3.38. The van der Waals surface area contributed by atoms with Crippen molar-refractivity contribution >= 4 is 33.4 Å². The fraction of sp³-hybridized carbons (Fsp3) is 0.182. The molecule has 0 fully saturated rings. The van der Waals surface area contributed by atoms with Crippen molar-refractivity contribution in [3.63, 3.8) is 0 Å². The molecule has 4 rings (SSSR count). The highest BCUT2D eigenvalue weighted by Crippen LogP contribution is 2.29. The summed E-state index contributed by atoms with van der Waals surface area (Å²) in [6, 6.07) is 21.5. The second kappa shape index (κ2) is 8.01. The Bertz CT molecular complexity index is 1050. The maximum atomic E-state index is 10.1. The maximum absolute atomic E-state index is 10.1. The number of fused-ring (bicyclic) bond motifs is 3. The fourth-order valence-corrected chi connectivity index (χ4v) is 3.40. The molecular weight excluding hydrogens is 360 g/mol. The van der Waals surface area contributed by atoms with Gasteiger partial charge in [-0.05, 0) is 29.8 Å². The summed E-state index contributed by atoms with van der Waals surface area (Å²) in [5.74, 6) is 0.811. The summed E-state index contributed by atoms with van der Waals surface area (Å²) in [6.07, 6.45) is -0.513. The van der Waals surface area contributed by atoms with E-state index in [0.29, 0.717) is 24.7 Å². The van der Waals surface area contributed by atoms with Crippen LogP contribution in [-0.2, 0) is 0 Å². The Labute approximate surface area is 162 Å². The van der Waals surface area contributed by atoms with Gasteiger partial charge in [0.2, 0.25) is 0 Å². The van der Waals surface area contributed by atoms with Crippen LogP contribution in [0, 0.1) is 0 Å². The van der Waals surface area contributed by atoms with Crippen LogP contribution in [0.3, 0.4) is 0 Å². The van der Waals surface area contributed by atoms with E-state index in [1.807, 2.05) is 60.7 Å². The van der Waals surface area contributed by atoms with Crippen LogP contribution >= 0.6 is 11.6 Å². The first-order valence-corrected chi connectivity index (χ1v) is 9.36. The number of rotatable bonds is 7. The van der Waals surface area contributed by atoms with Crippen LogP contribution in [0.15, 0.2) is 66.7 Å². The quantitative estimate of drug-likeness (QED) is 0.408. The van der Waals surface area contributed by atoms with Crippen molar-refractivity contribution in [3.8, 4) is 5.75 Å². The highest BCUT2D eigenvalue weighted by atomic mass is 35.5. The Balaban J connectivity index is 1.32. The molecule has 0 saturated heterocycles. The van der Waals surface area contributed by atoms with Gasteiger partial charge in [-0.2, -0.15) is 0 Å². The molecule has 27 heavy (non-hydrogen) atoms. The van der Waals surface area contributed by atoms with Crippen LogP contribution in [0.1, 0.15) is 11.7 Å². The SMILES string of the molecule is OC(CNCCOc1ccc2c(c1)[nH]c1cc(Cl)ccc12)c1ccccc1. The van der Waals surface area contributed by atoms with Crippen LogP contribution < -0.4 is 10.1 Å². The molecule has 3 N–H and O–H groups in total. The zero-order valence-corrected chi connectivity index (χ0v) is 15.5. The smallest absolute Gasteiger partial charge is 0.121 e. The Hall–Kier alpha value is -2.53. The van der Waals surface area contributed by atoms with Crippen LogP contribution in [0.2, 0.25) is 5.02 Å². The van der Waals surface area contributed by atoms with Gasteiger partial charge in [0, 0.05) is 40.5 Å². The molecule has 0 amide bonds. The molecular formula is C22H21ClN2O2. The molecule has 0 aliphatic carbocycles. The third kappa shape index (κ3) is 4.08. The standard InChI is InChI=1S/C22H21ClN2O2/c23-16-6-8-18-19-9-7-17(13-21(19)25-20(18)12-16)27-11-10-24-14-22(26)15-4-2-1-3-5-15/h1-9,12-13,22,24-26H,10-11,14H2. The molecule has 1 heterocycles. The van der Waals surface area contributed by atoms with Gasteiger partial charge in [-0.3, -0.25) is 0 Å². The fourth-order valence-electron chi connectivity index (χ4n) is 3.22. The van der Waals surface area contributed by atoms with Gasteiger partial charge in [-0.1, -0.05) is 48.0 Å². The molecule has 5 heteroatoms. The molecule has 0 radical (unpaired) electrons. The van der Waals surface area contributed by atoms with Gasteiger partial charge in [0.25, 0.3) is 0 Å². The van der Waals surface area contributed by atoms with Crippen LogP contribution in [0.4, 0.5) is 0 Å². The zero-order valence-electron chi connectivity index (χ0n) is 14.8. The summed E-state index contributed by atoms with van der Waals surface area (Å²) < 4.78 is 5.83. The molecule has 138 valence electrons. The monoisotopic (exact) mass is 380 g/mol. The second-order valence-corrected chi connectivity index (χ2v) is 6.94. The van der Waals surface area contributed by atoms with Crippen LogP contribution in [-0.4, -0.2) is 29.8 Å². The lowest BCUT2D eigenvalue weighted by Crippen LogP contribution is -2.26. The van der Waals surface area contributed by atoms with Crippen molar-refractivity contribution in [1.29, 1.82) is 0 Å². The predicted molar refractivity (Wildman–Crippen MR) is 111 cm³/mol. The summed E-state index contributed by atoms with van der Waals surface area (Å²) >= 11 is 6.07. The maximum Gasteiger partial charge on any atom is 0.121 e. The van der Waals surface area contributed by atoms with E-state index < -0.39 is 6.10 Å². The van der Waals surface area contributed by atoms with Crippen molar-refractivity contribution in [2.24, 2.45) is 0 Å². The molecule has 1 aromatic heterocycles. The van der Waals surface area contributed by atoms with Crippen molar-refractivity contribution in [2.75, 3.05) is 19.7 Å². The van der Waals surface area contributed by atoms with E-state index in [0.717, 1.165) is 33.1 Å². The minimum atomic E-state index is -0.513. The Kier molecular flexibility index (Phi) is 5.30. The summed E-state index contributed by atoms with van der Waals surface area (Å²) in [6.45, 7) is 1.68. The highest BCUT2D eigenvalue weighted by Gasteiger charge is 2.07. The second-order valence-electron chi connectivity index (χ2n) is 6.50. The third-order valence-electron chi connectivity index (χ3n) is 4.60. The molecule has 0 aliphatic rings. The first kappa shape index (κ1) is 17.9. The lowest BCUT2D eigenvalue weighted by Gasteiger charge is -2.12. The molecule has 3 aromatic carbocycles.